The number of Topliss-reactive ketones (excluding diaryl/α,β-unsaturated/α-hetero) is 3. The lowest BCUT2D eigenvalue weighted by molar-refractivity contribution is -0.136. The van der Waals surface area contributed by atoms with Gasteiger partial charge in [0, 0.05) is 43.1 Å². The maximum atomic E-state index is 13.3. The Balaban J connectivity index is 4.88. The molecule has 0 aromatic carbocycles. The lowest BCUT2D eigenvalue weighted by Gasteiger charge is -2.30. The fourth-order valence-electron chi connectivity index (χ4n) is 5.52. The van der Waals surface area contributed by atoms with Crippen LogP contribution in [0.15, 0.2) is 0 Å². The highest BCUT2D eigenvalue weighted by Gasteiger charge is 2.33. The Kier molecular flexibility index (Phi) is 17.6. The monoisotopic (exact) mass is 607 g/mol. The maximum Gasteiger partial charge on any atom is 0.312 e. The molecule has 0 aromatic heterocycles. The predicted octanol–water partition coefficient (Wildman–Crippen LogP) is 7.16. The number of nitrogens with one attached hydrogen (secondary N) is 2. The molecule has 0 unspecified atom stereocenters. The van der Waals surface area contributed by atoms with E-state index in [2.05, 4.69) is 52.2 Å². The van der Waals surface area contributed by atoms with Crippen LogP contribution in [0.4, 0.5) is 4.79 Å². The van der Waals surface area contributed by atoms with Gasteiger partial charge in [-0.05, 0) is 55.3 Å². The van der Waals surface area contributed by atoms with E-state index in [0.29, 0.717) is 38.0 Å². The third-order valence-corrected chi connectivity index (χ3v) is 7.73. The number of hydrogen-bond donors (Lipinski definition) is 3. The molecule has 0 aromatic rings. The van der Waals surface area contributed by atoms with Crippen molar-refractivity contribution in [2.75, 3.05) is 6.54 Å². The second-order valence-corrected chi connectivity index (χ2v) is 16.3. The van der Waals surface area contributed by atoms with E-state index < -0.39 is 23.4 Å². The second kappa shape index (κ2) is 18.5. The first-order valence-corrected chi connectivity index (χ1v) is 16.5. The van der Waals surface area contributed by atoms with Crippen LogP contribution in [-0.2, 0) is 19.2 Å². The van der Waals surface area contributed by atoms with Crippen LogP contribution in [0.3, 0.4) is 0 Å². The highest BCUT2D eigenvalue weighted by molar-refractivity contribution is 5.94. The zero-order valence-electron chi connectivity index (χ0n) is 29.4. The Labute approximate surface area is 262 Å². The van der Waals surface area contributed by atoms with Gasteiger partial charge in [0.05, 0.1) is 6.04 Å². The summed E-state index contributed by atoms with van der Waals surface area (Å²) in [5.41, 5.74) is 4.70. The topological polar surface area (TPSA) is 135 Å². The fraction of sp³-hybridized carbons (Fsp3) is 0.857. The number of carbonyl (C=O) groups is 5. The molecule has 0 radical (unpaired) electrons. The van der Waals surface area contributed by atoms with E-state index >= 15 is 0 Å². The quantitative estimate of drug-likeness (QED) is 0.126. The Morgan fingerprint density at radius 3 is 1.67 bits per heavy atom. The van der Waals surface area contributed by atoms with Crippen LogP contribution in [0.25, 0.3) is 0 Å². The van der Waals surface area contributed by atoms with Gasteiger partial charge in [0.2, 0.25) is 5.91 Å². The van der Waals surface area contributed by atoms with Crippen molar-refractivity contribution in [2.24, 2.45) is 39.7 Å². The zero-order chi connectivity index (χ0) is 33.6. The van der Waals surface area contributed by atoms with Gasteiger partial charge in [-0.15, -0.1) is 0 Å². The van der Waals surface area contributed by atoms with Crippen LogP contribution >= 0.6 is 0 Å². The van der Waals surface area contributed by atoms with E-state index in [1.165, 1.54) is 0 Å². The van der Waals surface area contributed by atoms with Crippen molar-refractivity contribution in [3.8, 4) is 0 Å². The molecule has 8 nitrogen and oxygen atoms in total. The maximum absolute atomic E-state index is 13.3. The lowest BCUT2D eigenvalue weighted by atomic mass is 9.74. The molecule has 8 heteroatoms. The first-order valence-electron chi connectivity index (χ1n) is 16.5. The van der Waals surface area contributed by atoms with Crippen LogP contribution in [0, 0.1) is 34.0 Å². The predicted molar refractivity (Wildman–Crippen MR) is 176 cm³/mol. The molecule has 0 saturated carbocycles. The van der Waals surface area contributed by atoms with Crippen LogP contribution < -0.4 is 16.4 Å². The number of primary amides is 1. The van der Waals surface area contributed by atoms with Crippen molar-refractivity contribution in [1.29, 1.82) is 0 Å². The molecule has 0 bridgehead atoms. The second-order valence-electron chi connectivity index (χ2n) is 16.3. The number of carbonyl (C=O) groups excluding carboxylic acids is 5. The van der Waals surface area contributed by atoms with Crippen molar-refractivity contribution >= 4 is 29.3 Å². The number of hydrogen-bond acceptors (Lipinski definition) is 5. The van der Waals surface area contributed by atoms with E-state index in [1.54, 1.807) is 0 Å². The third-order valence-electron chi connectivity index (χ3n) is 7.73. The molecule has 4 N–H and O–H groups in total. The van der Waals surface area contributed by atoms with E-state index in [1.807, 2.05) is 34.6 Å². The van der Waals surface area contributed by atoms with Gasteiger partial charge in [0.15, 0.2) is 5.78 Å². The normalized spacial score (nSPS) is 14.0. The van der Waals surface area contributed by atoms with Crippen molar-refractivity contribution < 1.29 is 24.0 Å². The standard InChI is InChI=1S/C35H65N3O5/c1-24(2)27(31(42)38-28(30(41)35(9,10)11)18-16-20-37-32(36)43)21-26(39)17-14-12-13-15-19-29(40)25(22-33(3,4)5)23-34(6,7)8/h24-25,27-28H,12-23H2,1-11H3,(H,38,42)(H3,36,37,43)/t27-,28-/m0/s1. The number of unbranched alkanes of at least 4 members (excludes halogenated alkanes) is 3. The van der Waals surface area contributed by atoms with Crippen molar-refractivity contribution in [3.05, 3.63) is 0 Å². The molecule has 0 rings (SSSR count). The van der Waals surface area contributed by atoms with Crippen LogP contribution in [-0.4, -0.2) is 41.9 Å². The summed E-state index contributed by atoms with van der Waals surface area (Å²) in [5, 5.41) is 5.42. The molecular weight excluding hydrogens is 542 g/mol. The Bertz CT molecular complexity index is 890. The molecule has 0 aliphatic heterocycles. The SMILES string of the molecule is CC(C)[C@H](CC(=O)CCCCCCC(=O)C(CC(C)(C)C)CC(C)(C)C)C(=O)N[C@@H](CCCNC(N)=O)C(=O)C(C)(C)C. The summed E-state index contributed by atoms with van der Waals surface area (Å²) in [6.45, 7) is 22.7. The van der Waals surface area contributed by atoms with Gasteiger partial charge in [-0.1, -0.05) is 89.0 Å². The van der Waals surface area contributed by atoms with Crippen LogP contribution in [0.2, 0.25) is 0 Å². The van der Waals surface area contributed by atoms with Crippen LogP contribution in [0.1, 0.15) is 147 Å². The highest BCUT2D eigenvalue weighted by atomic mass is 16.2. The first-order chi connectivity index (χ1) is 19.5. The molecule has 2 atom stereocenters. The minimum absolute atomic E-state index is 0.0460. The minimum Gasteiger partial charge on any atom is -0.352 e. The summed E-state index contributed by atoms with van der Waals surface area (Å²) in [7, 11) is 0. The largest absolute Gasteiger partial charge is 0.352 e. The van der Waals surface area contributed by atoms with Crippen molar-refractivity contribution in [2.45, 2.75) is 153 Å². The molecule has 250 valence electrons. The third kappa shape index (κ3) is 19.6. The average molecular weight is 608 g/mol. The van der Waals surface area contributed by atoms with Gasteiger partial charge in [0.1, 0.15) is 11.6 Å². The van der Waals surface area contributed by atoms with E-state index in [0.717, 1.165) is 38.5 Å². The molecule has 0 spiro atoms. The highest BCUT2D eigenvalue weighted by Crippen LogP contribution is 2.34. The smallest absolute Gasteiger partial charge is 0.312 e. The molecule has 43 heavy (non-hydrogen) atoms. The summed E-state index contributed by atoms with van der Waals surface area (Å²) in [6, 6.07) is -1.33. The zero-order valence-corrected chi connectivity index (χ0v) is 29.4. The Hall–Kier alpha value is -2.25. The van der Waals surface area contributed by atoms with Gasteiger partial charge < -0.3 is 16.4 Å². The van der Waals surface area contributed by atoms with Crippen LogP contribution in [0.5, 0.6) is 0 Å². The molecule has 0 aliphatic carbocycles. The summed E-state index contributed by atoms with van der Waals surface area (Å²) in [6.07, 6.45) is 7.17. The van der Waals surface area contributed by atoms with Gasteiger partial charge in [-0.25, -0.2) is 4.79 Å². The summed E-state index contributed by atoms with van der Waals surface area (Å²) in [5.74, 6) is -0.463. The van der Waals surface area contributed by atoms with Gasteiger partial charge in [0.25, 0.3) is 0 Å². The molecule has 3 amide bonds. The molecular formula is C35H65N3O5. The molecule has 0 saturated heterocycles. The Morgan fingerprint density at radius 1 is 0.721 bits per heavy atom. The summed E-state index contributed by atoms with van der Waals surface area (Å²) in [4.78, 5) is 63.2. The van der Waals surface area contributed by atoms with Gasteiger partial charge in [-0.2, -0.15) is 0 Å². The number of nitrogens with two attached hydrogens (primary N) is 1. The van der Waals surface area contributed by atoms with Crippen molar-refractivity contribution in [3.63, 3.8) is 0 Å². The van der Waals surface area contributed by atoms with E-state index in [4.69, 9.17) is 5.73 Å². The summed E-state index contributed by atoms with van der Waals surface area (Å²) >= 11 is 0. The molecule has 0 aliphatic rings. The fourth-order valence-corrected chi connectivity index (χ4v) is 5.52. The number of urea groups is 1. The molecule has 0 heterocycles. The number of ketones is 3. The minimum atomic E-state index is -0.701. The van der Waals surface area contributed by atoms with Crippen molar-refractivity contribution in [1.82, 2.24) is 10.6 Å². The van der Waals surface area contributed by atoms with E-state index in [9.17, 15) is 24.0 Å². The first kappa shape index (κ1) is 40.8. The van der Waals surface area contributed by atoms with E-state index in [-0.39, 0.29) is 46.6 Å². The molecule has 0 fully saturated rings. The number of rotatable bonds is 20. The van der Waals surface area contributed by atoms with Gasteiger partial charge >= 0.3 is 6.03 Å². The summed E-state index contributed by atoms with van der Waals surface area (Å²) < 4.78 is 0. The average Bonchev–Trinajstić information content (AvgIpc) is 2.82. The lowest BCUT2D eigenvalue weighted by Crippen LogP contribution is -2.48. The Morgan fingerprint density at radius 2 is 1.23 bits per heavy atom. The van der Waals surface area contributed by atoms with Gasteiger partial charge in [-0.3, -0.25) is 19.2 Å². The number of amides is 3.